The van der Waals surface area contributed by atoms with E-state index < -0.39 is 5.54 Å². The van der Waals surface area contributed by atoms with E-state index >= 15 is 0 Å². The largest absolute Gasteiger partial charge is 0.492 e. The molecule has 0 atom stereocenters. The Morgan fingerprint density at radius 3 is 2.71 bits per heavy atom. The number of ether oxygens (including phenoxy) is 1. The number of hydrogen-bond donors (Lipinski definition) is 3. The topological polar surface area (TPSA) is 93.5 Å². The minimum atomic E-state index is -0.647. The van der Waals surface area contributed by atoms with Crippen LogP contribution >= 0.6 is 12.4 Å². The Bertz CT molecular complexity index is 518. The van der Waals surface area contributed by atoms with Crippen molar-refractivity contribution >= 4 is 29.9 Å². The number of amides is 2. The van der Waals surface area contributed by atoms with E-state index in [0.29, 0.717) is 24.6 Å². The summed E-state index contributed by atoms with van der Waals surface area (Å²) in [7, 11) is 0. The predicted octanol–water partition coefficient (Wildman–Crippen LogP) is 1.05. The second-order valence-electron chi connectivity index (χ2n) is 4.97. The molecular formula is C14H20ClN3O3. The van der Waals surface area contributed by atoms with Crippen molar-refractivity contribution in [1.29, 1.82) is 0 Å². The van der Waals surface area contributed by atoms with Crippen molar-refractivity contribution in [1.82, 2.24) is 5.32 Å². The van der Waals surface area contributed by atoms with Crippen LogP contribution in [0.25, 0.3) is 0 Å². The zero-order valence-corrected chi connectivity index (χ0v) is 12.7. The first kappa shape index (κ1) is 17.3. The molecule has 0 heterocycles. The highest BCUT2D eigenvalue weighted by Gasteiger charge is 2.45. The molecule has 0 radical (unpaired) electrons. The highest BCUT2D eigenvalue weighted by molar-refractivity contribution is 5.89. The van der Waals surface area contributed by atoms with Crippen LogP contribution in [0.4, 0.5) is 5.69 Å². The highest BCUT2D eigenvalue weighted by atomic mass is 35.5. The van der Waals surface area contributed by atoms with Crippen LogP contribution in [-0.2, 0) is 9.59 Å². The summed E-state index contributed by atoms with van der Waals surface area (Å²) < 4.78 is 5.50. The lowest BCUT2D eigenvalue weighted by Gasteiger charge is -2.11. The van der Waals surface area contributed by atoms with Gasteiger partial charge in [-0.1, -0.05) is 6.07 Å². The quantitative estimate of drug-likeness (QED) is 0.684. The van der Waals surface area contributed by atoms with Gasteiger partial charge in [0.15, 0.2) is 0 Å². The molecule has 1 aromatic rings. The molecule has 6 nitrogen and oxygen atoms in total. The number of carbonyl (C=O) groups excluding carboxylic acids is 2. The number of carbonyl (C=O) groups is 2. The van der Waals surface area contributed by atoms with E-state index in [-0.39, 0.29) is 24.2 Å². The maximum atomic E-state index is 11.6. The monoisotopic (exact) mass is 313 g/mol. The first-order chi connectivity index (χ1) is 9.49. The first-order valence-electron chi connectivity index (χ1n) is 6.57. The summed E-state index contributed by atoms with van der Waals surface area (Å²) in [6, 6.07) is 7.09. The average molecular weight is 314 g/mol. The van der Waals surface area contributed by atoms with Gasteiger partial charge in [0.2, 0.25) is 11.8 Å². The second-order valence-corrected chi connectivity index (χ2v) is 4.97. The van der Waals surface area contributed by atoms with Gasteiger partial charge in [0.25, 0.3) is 0 Å². The summed E-state index contributed by atoms with van der Waals surface area (Å²) in [4.78, 5) is 22.5. The second kappa shape index (κ2) is 7.28. The molecule has 1 saturated carbocycles. The molecule has 0 spiro atoms. The van der Waals surface area contributed by atoms with Gasteiger partial charge in [-0.05, 0) is 25.0 Å². The van der Waals surface area contributed by atoms with Crippen LogP contribution in [0.15, 0.2) is 24.3 Å². The van der Waals surface area contributed by atoms with E-state index in [2.05, 4.69) is 10.6 Å². The number of benzene rings is 1. The third-order valence-electron chi connectivity index (χ3n) is 3.05. The van der Waals surface area contributed by atoms with Crippen molar-refractivity contribution in [3.63, 3.8) is 0 Å². The number of hydrogen-bond acceptors (Lipinski definition) is 4. The van der Waals surface area contributed by atoms with Gasteiger partial charge in [0, 0.05) is 18.7 Å². The Hall–Kier alpha value is -1.79. The molecule has 1 aromatic carbocycles. The van der Waals surface area contributed by atoms with Crippen LogP contribution in [-0.4, -0.2) is 30.5 Å². The van der Waals surface area contributed by atoms with Crippen LogP contribution in [0.3, 0.4) is 0 Å². The van der Waals surface area contributed by atoms with Gasteiger partial charge in [0.05, 0.1) is 12.1 Å². The zero-order valence-electron chi connectivity index (χ0n) is 11.8. The van der Waals surface area contributed by atoms with E-state index in [9.17, 15) is 9.59 Å². The van der Waals surface area contributed by atoms with Gasteiger partial charge < -0.3 is 21.1 Å². The Morgan fingerprint density at radius 2 is 2.10 bits per heavy atom. The molecule has 21 heavy (non-hydrogen) atoms. The molecule has 1 fully saturated rings. The summed E-state index contributed by atoms with van der Waals surface area (Å²) in [6.45, 7) is 2.21. The van der Waals surface area contributed by atoms with Crippen molar-refractivity contribution in [3.05, 3.63) is 24.3 Å². The van der Waals surface area contributed by atoms with E-state index in [4.69, 9.17) is 10.5 Å². The summed E-state index contributed by atoms with van der Waals surface area (Å²) >= 11 is 0. The third-order valence-corrected chi connectivity index (χ3v) is 3.05. The van der Waals surface area contributed by atoms with Crippen LogP contribution < -0.4 is 21.1 Å². The normalized spacial score (nSPS) is 14.6. The van der Waals surface area contributed by atoms with Gasteiger partial charge in [-0.25, -0.2) is 0 Å². The molecule has 116 valence electrons. The highest BCUT2D eigenvalue weighted by Crippen LogP contribution is 2.31. The Balaban J connectivity index is 0.00000220. The predicted molar refractivity (Wildman–Crippen MR) is 82.7 cm³/mol. The zero-order chi connectivity index (χ0) is 14.6. The van der Waals surface area contributed by atoms with E-state index in [1.807, 2.05) is 0 Å². The Morgan fingerprint density at radius 1 is 1.38 bits per heavy atom. The first-order valence-corrected chi connectivity index (χ1v) is 6.57. The summed E-state index contributed by atoms with van der Waals surface area (Å²) in [6.07, 6.45) is 1.50. The number of anilines is 1. The fourth-order valence-electron chi connectivity index (χ4n) is 1.74. The molecule has 1 aliphatic rings. The molecule has 0 bridgehead atoms. The number of nitrogens with two attached hydrogens (primary N) is 1. The Labute approximate surface area is 129 Å². The van der Waals surface area contributed by atoms with Crippen LogP contribution in [0.1, 0.15) is 19.8 Å². The SMILES string of the molecule is CC(=O)Nc1cccc(OCCNC(=O)C2(N)CC2)c1.Cl. The fourth-order valence-corrected chi connectivity index (χ4v) is 1.74. The average Bonchev–Trinajstić information content (AvgIpc) is 3.13. The van der Waals surface area contributed by atoms with Crippen molar-refractivity contribution in [2.45, 2.75) is 25.3 Å². The molecule has 1 aliphatic carbocycles. The third kappa shape index (κ3) is 5.24. The van der Waals surface area contributed by atoms with Crippen LogP contribution in [0, 0.1) is 0 Å². The van der Waals surface area contributed by atoms with E-state index in [1.165, 1.54) is 6.92 Å². The van der Waals surface area contributed by atoms with E-state index in [0.717, 1.165) is 12.8 Å². The summed E-state index contributed by atoms with van der Waals surface area (Å²) in [5.41, 5.74) is 5.79. The van der Waals surface area contributed by atoms with Gasteiger partial charge >= 0.3 is 0 Å². The molecule has 2 rings (SSSR count). The van der Waals surface area contributed by atoms with Crippen molar-refractivity contribution in [2.75, 3.05) is 18.5 Å². The minimum Gasteiger partial charge on any atom is -0.492 e. The maximum absolute atomic E-state index is 11.6. The molecule has 0 aromatic heterocycles. The van der Waals surface area contributed by atoms with E-state index in [1.54, 1.807) is 24.3 Å². The van der Waals surface area contributed by atoms with Gasteiger partial charge in [-0.3, -0.25) is 9.59 Å². The molecule has 0 aliphatic heterocycles. The fraction of sp³-hybridized carbons (Fsp3) is 0.429. The minimum absolute atomic E-state index is 0. The Kier molecular flexibility index (Phi) is 5.99. The van der Waals surface area contributed by atoms with Gasteiger partial charge in [-0.2, -0.15) is 0 Å². The van der Waals surface area contributed by atoms with Gasteiger partial charge in [0.1, 0.15) is 12.4 Å². The van der Waals surface area contributed by atoms with Crippen LogP contribution in [0.5, 0.6) is 5.75 Å². The standard InChI is InChI=1S/C14H19N3O3.ClH/c1-10(18)17-11-3-2-4-12(9-11)20-8-7-16-13(19)14(15)5-6-14;/h2-4,9H,5-8,15H2,1H3,(H,16,19)(H,17,18);1H. The smallest absolute Gasteiger partial charge is 0.240 e. The molecule has 0 unspecified atom stereocenters. The summed E-state index contributed by atoms with van der Waals surface area (Å²) in [5, 5.41) is 5.42. The molecule has 0 saturated heterocycles. The molecule has 2 amide bonds. The van der Waals surface area contributed by atoms with Crippen molar-refractivity contribution < 1.29 is 14.3 Å². The van der Waals surface area contributed by atoms with Crippen molar-refractivity contribution in [2.24, 2.45) is 5.73 Å². The molecule has 7 heteroatoms. The number of nitrogens with one attached hydrogen (secondary N) is 2. The summed E-state index contributed by atoms with van der Waals surface area (Å²) in [5.74, 6) is 0.388. The van der Waals surface area contributed by atoms with Crippen LogP contribution in [0.2, 0.25) is 0 Å². The van der Waals surface area contributed by atoms with Gasteiger partial charge in [-0.15, -0.1) is 12.4 Å². The lowest BCUT2D eigenvalue weighted by molar-refractivity contribution is -0.123. The maximum Gasteiger partial charge on any atom is 0.240 e. The lowest BCUT2D eigenvalue weighted by atomic mass is 10.3. The molecular weight excluding hydrogens is 294 g/mol. The number of halogens is 1. The van der Waals surface area contributed by atoms with Crippen molar-refractivity contribution in [3.8, 4) is 5.75 Å². The number of rotatable bonds is 6. The molecule has 4 N–H and O–H groups in total. The lowest BCUT2D eigenvalue weighted by Crippen LogP contribution is -2.44.